The molecule has 0 radical (unpaired) electrons. The zero-order valence-electron chi connectivity index (χ0n) is 11.0. The van der Waals surface area contributed by atoms with E-state index in [0.717, 1.165) is 22.6 Å². The summed E-state index contributed by atoms with van der Waals surface area (Å²) in [4.78, 5) is 15.2. The Morgan fingerprint density at radius 2 is 1.86 bits per heavy atom. The fourth-order valence-electron chi connectivity index (χ4n) is 2.46. The molecule has 0 saturated carbocycles. The number of fused-ring (bicyclic) bond motifs is 1. The van der Waals surface area contributed by atoms with Crippen LogP contribution in [0.4, 0.5) is 4.39 Å². The summed E-state index contributed by atoms with van der Waals surface area (Å²) < 4.78 is 13.5. The first kappa shape index (κ1) is 13.7. The van der Waals surface area contributed by atoms with Gasteiger partial charge in [-0.05, 0) is 23.1 Å². The molecule has 2 nitrogen and oxygen atoms in total. The molecule has 0 aliphatic carbocycles. The molecular formula is C17H11ClFNO. The maximum atomic E-state index is 13.5. The lowest BCUT2D eigenvalue weighted by atomic mass is 9.96. The Kier molecular flexibility index (Phi) is 3.67. The van der Waals surface area contributed by atoms with Crippen molar-refractivity contribution in [3.63, 3.8) is 0 Å². The second kappa shape index (κ2) is 5.62. The van der Waals surface area contributed by atoms with Gasteiger partial charge in [-0.2, -0.15) is 0 Å². The highest BCUT2D eigenvalue weighted by Crippen LogP contribution is 2.34. The van der Waals surface area contributed by atoms with Crippen molar-refractivity contribution in [1.82, 2.24) is 4.98 Å². The molecule has 0 N–H and O–H groups in total. The summed E-state index contributed by atoms with van der Waals surface area (Å²) in [6, 6.07) is 13.8. The smallest absolute Gasteiger partial charge is 0.137 e. The predicted molar refractivity (Wildman–Crippen MR) is 81.9 cm³/mol. The van der Waals surface area contributed by atoms with Crippen LogP contribution >= 0.6 is 11.6 Å². The third kappa shape index (κ3) is 2.52. The van der Waals surface area contributed by atoms with Gasteiger partial charge in [0.25, 0.3) is 0 Å². The Labute approximate surface area is 126 Å². The third-order valence-electron chi connectivity index (χ3n) is 3.33. The monoisotopic (exact) mass is 299 g/mol. The van der Waals surface area contributed by atoms with Gasteiger partial charge in [0.2, 0.25) is 0 Å². The number of nitrogens with zero attached hydrogens (tertiary/aromatic N) is 1. The zero-order chi connectivity index (χ0) is 14.8. The summed E-state index contributed by atoms with van der Waals surface area (Å²) in [7, 11) is 0. The minimum absolute atomic E-state index is 0.135. The Morgan fingerprint density at radius 3 is 2.57 bits per heavy atom. The number of hydrogen-bond acceptors (Lipinski definition) is 2. The molecule has 0 saturated heterocycles. The lowest BCUT2D eigenvalue weighted by Gasteiger charge is -2.12. The SMILES string of the molecule is O=CCc1nc(Cl)c2ccccc2c1-c1cccc(F)c1. The van der Waals surface area contributed by atoms with E-state index in [2.05, 4.69) is 4.98 Å². The molecule has 2 aromatic carbocycles. The van der Waals surface area contributed by atoms with E-state index in [9.17, 15) is 9.18 Å². The first-order valence-electron chi connectivity index (χ1n) is 6.47. The van der Waals surface area contributed by atoms with Crippen molar-refractivity contribution in [2.24, 2.45) is 0 Å². The van der Waals surface area contributed by atoms with Crippen LogP contribution in [0.1, 0.15) is 5.69 Å². The fourth-order valence-corrected chi connectivity index (χ4v) is 2.73. The number of rotatable bonds is 3. The van der Waals surface area contributed by atoms with Crippen LogP contribution in [0.25, 0.3) is 21.9 Å². The standard InChI is InChI=1S/C17H11ClFNO/c18-17-14-7-2-1-6-13(14)16(15(20-17)8-9-21)11-4-3-5-12(19)10-11/h1-7,9-10H,8H2. The molecule has 21 heavy (non-hydrogen) atoms. The number of aldehydes is 1. The molecular weight excluding hydrogens is 289 g/mol. The van der Waals surface area contributed by atoms with Gasteiger partial charge in [0.05, 0.1) is 5.69 Å². The van der Waals surface area contributed by atoms with Crippen LogP contribution in [0.15, 0.2) is 48.5 Å². The summed E-state index contributed by atoms with van der Waals surface area (Å²) >= 11 is 6.19. The number of carbonyl (C=O) groups excluding carboxylic acids is 1. The summed E-state index contributed by atoms with van der Waals surface area (Å²) in [5.74, 6) is -0.330. The van der Waals surface area contributed by atoms with E-state index in [4.69, 9.17) is 11.6 Å². The van der Waals surface area contributed by atoms with Gasteiger partial charge in [0.15, 0.2) is 0 Å². The summed E-state index contributed by atoms with van der Waals surface area (Å²) in [6.07, 6.45) is 0.909. The van der Waals surface area contributed by atoms with Gasteiger partial charge in [0.1, 0.15) is 17.3 Å². The molecule has 0 unspecified atom stereocenters. The quantitative estimate of drug-likeness (QED) is 0.529. The average Bonchev–Trinajstić information content (AvgIpc) is 2.48. The zero-order valence-corrected chi connectivity index (χ0v) is 11.8. The van der Waals surface area contributed by atoms with Gasteiger partial charge in [0, 0.05) is 17.4 Å². The van der Waals surface area contributed by atoms with Gasteiger partial charge in [-0.15, -0.1) is 0 Å². The minimum Gasteiger partial charge on any atom is -0.303 e. The van der Waals surface area contributed by atoms with E-state index in [0.29, 0.717) is 16.4 Å². The van der Waals surface area contributed by atoms with E-state index in [1.54, 1.807) is 12.1 Å². The van der Waals surface area contributed by atoms with Crippen LogP contribution in [0.3, 0.4) is 0 Å². The third-order valence-corrected chi connectivity index (χ3v) is 3.62. The number of benzene rings is 2. The number of pyridine rings is 1. The van der Waals surface area contributed by atoms with Crippen molar-refractivity contribution < 1.29 is 9.18 Å². The van der Waals surface area contributed by atoms with Crippen molar-refractivity contribution in [3.8, 4) is 11.1 Å². The Bertz CT molecular complexity index is 832. The topological polar surface area (TPSA) is 30.0 Å². The van der Waals surface area contributed by atoms with Crippen molar-refractivity contribution in [3.05, 3.63) is 65.2 Å². The average molecular weight is 300 g/mol. The minimum atomic E-state index is -0.330. The predicted octanol–water partition coefficient (Wildman–Crippen LogP) is 4.44. The molecule has 0 fully saturated rings. The van der Waals surface area contributed by atoms with Gasteiger partial charge in [-0.1, -0.05) is 48.0 Å². The van der Waals surface area contributed by atoms with Gasteiger partial charge in [-0.25, -0.2) is 9.37 Å². The lowest BCUT2D eigenvalue weighted by molar-refractivity contribution is -0.107. The molecule has 0 spiro atoms. The largest absolute Gasteiger partial charge is 0.303 e. The normalized spacial score (nSPS) is 10.8. The van der Waals surface area contributed by atoms with Crippen molar-refractivity contribution in [1.29, 1.82) is 0 Å². The molecule has 4 heteroatoms. The van der Waals surface area contributed by atoms with Crippen LogP contribution < -0.4 is 0 Å². The maximum absolute atomic E-state index is 13.5. The molecule has 3 rings (SSSR count). The number of hydrogen-bond donors (Lipinski definition) is 0. The number of aromatic nitrogens is 1. The summed E-state index contributed by atoms with van der Waals surface area (Å²) in [6.45, 7) is 0. The van der Waals surface area contributed by atoms with E-state index in [1.165, 1.54) is 12.1 Å². The number of carbonyl (C=O) groups is 1. The molecule has 1 heterocycles. The summed E-state index contributed by atoms with van der Waals surface area (Å²) in [5.41, 5.74) is 1.99. The van der Waals surface area contributed by atoms with Crippen LogP contribution in [-0.2, 0) is 11.2 Å². The van der Waals surface area contributed by atoms with E-state index >= 15 is 0 Å². The van der Waals surface area contributed by atoms with Crippen LogP contribution in [0, 0.1) is 5.82 Å². The van der Waals surface area contributed by atoms with E-state index < -0.39 is 0 Å². The second-order valence-corrected chi connectivity index (χ2v) is 5.01. The van der Waals surface area contributed by atoms with E-state index in [1.807, 2.05) is 24.3 Å². The first-order chi connectivity index (χ1) is 10.2. The van der Waals surface area contributed by atoms with Gasteiger partial charge < -0.3 is 4.79 Å². The molecule has 3 aromatic rings. The molecule has 0 atom stereocenters. The fraction of sp³-hybridized carbons (Fsp3) is 0.0588. The lowest BCUT2D eigenvalue weighted by Crippen LogP contribution is -1.98. The van der Waals surface area contributed by atoms with Crippen LogP contribution in [0.2, 0.25) is 5.15 Å². The van der Waals surface area contributed by atoms with E-state index in [-0.39, 0.29) is 12.2 Å². The Morgan fingerprint density at radius 1 is 1.10 bits per heavy atom. The number of halogens is 2. The van der Waals surface area contributed by atoms with Gasteiger partial charge in [-0.3, -0.25) is 0 Å². The highest BCUT2D eigenvalue weighted by atomic mass is 35.5. The van der Waals surface area contributed by atoms with Crippen LogP contribution in [0.5, 0.6) is 0 Å². The van der Waals surface area contributed by atoms with Gasteiger partial charge >= 0.3 is 0 Å². The maximum Gasteiger partial charge on any atom is 0.137 e. The highest BCUT2D eigenvalue weighted by molar-refractivity contribution is 6.34. The Hall–Kier alpha value is -2.26. The Balaban J connectivity index is 2.40. The molecule has 1 aromatic heterocycles. The molecule has 0 amide bonds. The first-order valence-corrected chi connectivity index (χ1v) is 6.85. The molecule has 0 aliphatic rings. The molecule has 104 valence electrons. The summed E-state index contributed by atoms with van der Waals surface area (Å²) in [5, 5.41) is 2.00. The highest BCUT2D eigenvalue weighted by Gasteiger charge is 2.14. The van der Waals surface area contributed by atoms with Crippen molar-refractivity contribution in [2.45, 2.75) is 6.42 Å². The van der Waals surface area contributed by atoms with Crippen LogP contribution in [-0.4, -0.2) is 11.3 Å². The van der Waals surface area contributed by atoms with Crippen molar-refractivity contribution >= 4 is 28.7 Å². The molecule has 0 aliphatic heterocycles. The van der Waals surface area contributed by atoms with Crippen molar-refractivity contribution in [2.75, 3.05) is 0 Å². The second-order valence-electron chi connectivity index (χ2n) is 4.65. The molecule has 0 bridgehead atoms.